The van der Waals surface area contributed by atoms with Crippen LogP contribution >= 0.6 is 0 Å². The van der Waals surface area contributed by atoms with Crippen molar-refractivity contribution in [1.29, 1.82) is 0 Å². The van der Waals surface area contributed by atoms with E-state index in [0.29, 0.717) is 17.6 Å². The molecule has 0 radical (unpaired) electrons. The number of anilines is 1. The molecule has 0 unspecified atom stereocenters. The Balaban J connectivity index is 1.90. The number of nitrogens with one attached hydrogen (secondary N) is 1. The molecule has 3 rings (SSSR count). The number of hydrogen-bond acceptors (Lipinski definition) is 3. The van der Waals surface area contributed by atoms with E-state index in [0.717, 1.165) is 5.52 Å². The monoisotopic (exact) mass is 342 g/mol. The molecular weight excluding hydrogens is 324 g/mol. The minimum absolute atomic E-state index is 0.197. The fourth-order valence-corrected chi connectivity index (χ4v) is 4.06. The maximum Gasteiger partial charge on any atom is 0.239 e. The first-order valence-corrected chi connectivity index (χ1v) is 9.32. The zero-order valence-electron chi connectivity index (χ0n) is 13.3. The number of carbonyl (C=O) groups is 1. The van der Waals surface area contributed by atoms with Gasteiger partial charge in [-0.15, -0.1) is 0 Å². The molecular formula is C18H18N2O3S. The van der Waals surface area contributed by atoms with Crippen molar-refractivity contribution in [3.8, 4) is 0 Å². The summed E-state index contributed by atoms with van der Waals surface area (Å²) < 4.78 is 27.3. The van der Waals surface area contributed by atoms with Gasteiger partial charge in [-0.2, -0.15) is 0 Å². The zero-order valence-corrected chi connectivity index (χ0v) is 14.1. The molecule has 0 fully saturated rings. The molecule has 1 aromatic heterocycles. The van der Waals surface area contributed by atoms with E-state index in [-0.39, 0.29) is 4.90 Å². The summed E-state index contributed by atoms with van der Waals surface area (Å²) in [6, 6.07) is 16.1. The second kappa shape index (κ2) is 6.49. The van der Waals surface area contributed by atoms with Gasteiger partial charge in [-0.3, -0.25) is 4.79 Å². The predicted molar refractivity (Wildman–Crippen MR) is 94.7 cm³/mol. The Labute approximate surface area is 140 Å². The Morgan fingerprint density at radius 2 is 1.71 bits per heavy atom. The number of para-hydroxylation sites is 2. The number of aromatic nitrogens is 1. The molecule has 1 N–H and O–H groups in total. The molecule has 124 valence electrons. The Bertz CT molecular complexity index is 976. The molecule has 0 aliphatic carbocycles. The van der Waals surface area contributed by atoms with Gasteiger partial charge >= 0.3 is 0 Å². The van der Waals surface area contributed by atoms with Crippen molar-refractivity contribution in [2.45, 2.75) is 18.4 Å². The van der Waals surface area contributed by atoms with Crippen LogP contribution in [0.4, 0.5) is 5.69 Å². The lowest BCUT2D eigenvalue weighted by Crippen LogP contribution is -2.22. The minimum atomic E-state index is -3.73. The number of amides is 1. The van der Waals surface area contributed by atoms with Gasteiger partial charge in [-0.25, -0.2) is 8.42 Å². The summed E-state index contributed by atoms with van der Waals surface area (Å²) in [6.07, 6.45) is 1.61. The lowest BCUT2D eigenvalue weighted by molar-refractivity contribution is -0.113. The highest BCUT2D eigenvalue weighted by molar-refractivity contribution is 7.92. The average Bonchev–Trinajstić information content (AvgIpc) is 2.95. The molecule has 0 bridgehead atoms. The number of benzene rings is 2. The fourth-order valence-electron chi connectivity index (χ4n) is 2.69. The van der Waals surface area contributed by atoms with Gasteiger partial charge < -0.3 is 9.88 Å². The van der Waals surface area contributed by atoms with Crippen LogP contribution in [0.2, 0.25) is 0 Å². The number of carbonyl (C=O) groups excluding carboxylic acids is 1. The molecule has 5 nitrogen and oxygen atoms in total. The van der Waals surface area contributed by atoms with Gasteiger partial charge in [0, 0.05) is 29.3 Å². The summed E-state index contributed by atoms with van der Waals surface area (Å²) in [5, 5.41) is 3.26. The third kappa shape index (κ3) is 3.19. The average molecular weight is 342 g/mol. The molecule has 1 heterocycles. The second-order valence-electron chi connectivity index (χ2n) is 5.47. The van der Waals surface area contributed by atoms with E-state index in [2.05, 4.69) is 5.32 Å². The third-order valence-electron chi connectivity index (χ3n) is 3.81. The number of sulfone groups is 1. The molecule has 0 saturated carbocycles. The van der Waals surface area contributed by atoms with Crippen LogP contribution in [-0.2, 0) is 21.2 Å². The minimum Gasteiger partial charge on any atom is -0.346 e. The van der Waals surface area contributed by atoms with Crippen molar-refractivity contribution in [3.63, 3.8) is 0 Å². The Morgan fingerprint density at radius 3 is 2.42 bits per heavy atom. The highest BCUT2D eigenvalue weighted by atomic mass is 32.2. The lowest BCUT2D eigenvalue weighted by Gasteiger charge is -2.05. The zero-order chi connectivity index (χ0) is 17.2. The van der Waals surface area contributed by atoms with E-state index in [1.54, 1.807) is 42.6 Å². The molecule has 3 aromatic rings. The van der Waals surface area contributed by atoms with E-state index >= 15 is 0 Å². The largest absolute Gasteiger partial charge is 0.346 e. The normalized spacial score (nSPS) is 11.5. The van der Waals surface area contributed by atoms with Crippen molar-refractivity contribution in [1.82, 2.24) is 4.57 Å². The van der Waals surface area contributed by atoms with E-state index in [1.165, 1.54) is 0 Å². The van der Waals surface area contributed by atoms with Crippen LogP contribution in [0, 0.1) is 0 Å². The quantitative estimate of drug-likeness (QED) is 0.775. The summed E-state index contributed by atoms with van der Waals surface area (Å²) in [6.45, 7) is 2.61. The van der Waals surface area contributed by atoms with Crippen LogP contribution in [0.1, 0.15) is 6.92 Å². The highest BCUT2D eigenvalue weighted by Crippen LogP contribution is 2.26. The molecule has 2 aromatic carbocycles. The smallest absolute Gasteiger partial charge is 0.239 e. The van der Waals surface area contributed by atoms with E-state index in [4.69, 9.17) is 0 Å². The molecule has 0 spiro atoms. The molecule has 24 heavy (non-hydrogen) atoms. The van der Waals surface area contributed by atoms with Crippen LogP contribution in [0.25, 0.3) is 10.9 Å². The number of rotatable bonds is 5. The van der Waals surface area contributed by atoms with Gasteiger partial charge in [0.05, 0.1) is 4.90 Å². The number of nitrogens with zero attached hydrogens (tertiary/aromatic N) is 1. The topological polar surface area (TPSA) is 68.2 Å². The molecule has 0 aliphatic heterocycles. The third-order valence-corrected chi connectivity index (χ3v) is 5.44. The first-order chi connectivity index (χ1) is 11.5. The van der Waals surface area contributed by atoms with E-state index in [1.807, 2.05) is 29.7 Å². The summed E-state index contributed by atoms with van der Waals surface area (Å²) in [5.41, 5.74) is 1.43. The first kappa shape index (κ1) is 16.3. The highest BCUT2D eigenvalue weighted by Gasteiger charge is 2.24. The SMILES string of the molecule is CCn1cc(S(=O)(=O)CC(=O)Nc2ccccc2)c2ccccc21. The number of fused-ring (bicyclic) bond motifs is 1. The van der Waals surface area contributed by atoms with Crippen LogP contribution in [0.3, 0.4) is 0 Å². The van der Waals surface area contributed by atoms with Gasteiger partial charge in [-0.1, -0.05) is 36.4 Å². The molecule has 0 atom stereocenters. The molecule has 0 saturated heterocycles. The molecule has 6 heteroatoms. The second-order valence-corrected chi connectivity index (χ2v) is 7.43. The van der Waals surface area contributed by atoms with Gasteiger partial charge in [0.15, 0.2) is 9.84 Å². The van der Waals surface area contributed by atoms with Crippen LogP contribution in [0.5, 0.6) is 0 Å². The maximum atomic E-state index is 12.7. The van der Waals surface area contributed by atoms with Gasteiger partial charge in [0.2, 0.25) is 5.91 Å². The van der Waals surface area contributed by atoms with Gasteiger partial charge in [0.1, 0.15) is 5.75 Å². The van der Waals surface area contributed by atoms with Crippen LogP contribution in [0.15, 0.2) is 65.7 Å². The summed E-state index contributed by atoms with van der Waals surface area (Å²) in [5.74, 6) is -1.13. The van der Waals surface area contributed by atoms with Crippen molar-refractivity contribution < 1.29 is 13.2 Å². The summed E-state index contributed by atoms with van der Waals surface area (Å²) in [4.78, 5) is 12.3. The fraction of sp³-hybridized carbons (Fsp3) is 0.167. The van der Waals surface area contributed by atoms with Crippen molar-refractivity contribution in [3.05, 3.63) is 60.8 Å². The number of hydrogen-bond donors (Lipinski definition) is 1. The standard InChI is InChI=1S/C18H18N2O3S/c1-2-20-12-17(15-10-6-7-11-16(15)20)24(22,23)13-18(21)19-14-8-4-3-5-9-14/h3-12H,2,13H2,1H3,(H,19,21). The van der Waals surface area contributed by atoms with E-state index in [9.17, 15) is 13.2 Å². The molecule has 0 aliphatic rings. The van der Waals surface area contributed by atoms with Crippen LogP contribution in [-0.4, -0.2) is 24.6 Å². The Hall–Kier alpha value is -2.60. The van der Waals surface area contributed by atoms with Gasteiger partial charge in [-0.05, 0) is 25.1 Å². The van der Waals surface area contributed by atoms with Crippen molar-refractivity contribution >= 4 is 32.3 Å². The van der Waals surface area contributed by atoms with E-state index < -0.39 is 21.5 Å². The predicted octanol–water partition coefficient (Wildman–Crippen LogP) is 3.07. The Morgan fingerprint density at radius 1 is 1.04 bits per heavy atom. The Kier molecular flexibility index (Phi) is 4.40. The number of aryl methyl sites for hydroxylation is 1. The molecule has 1 amide bonds. The summed E-state index contributed by atoms with van der Waals surface area (Å²) in [7, 11) is -3.73. The van der Waals surface area contributed by atoms with Crippen molar-refractivity contribution in [2.24, 2.45) is 0 Å². The first-order valence-electron chi connectivity index (χ1n) is 7.67. The van der Waals surface area contributed by atoms with Crippen LogP contribution < -0.4 is 5.32 Å². The van der Waals surface area contributed by atoms with Gasteiger partial charge in [0.25, 0.3) is 0 Å². The maximum absolute atomic E-state index is 12.7. The summed E-state index contributed by atoms with van der Waals surface area (Å²) >= 11 is 0. The van der Waals surface area contributed by atoms with Crippen molar-refractivity contribution in [2.75, 3.05) is 11.1 Å². The lowest BCUT2D eigenvalue weighted by atomic mass is 10.2.